The number of hydrogen-bond acceptors (Lipinski definition) is 5. The van der Waals surface area contributed by atoms with Gasteiger partial charge in [0.25, 0.3) is 0 Å². The number of nitrogens with one attached hydrogen (secondary N) is 1. The molecule has 0 spiro atoms. The van der Waals surface area contributed by atoms with Crippen molar-refractivity contribution in [3.8, 4) is 0 Å². The van der Waals surface area contributed by atoms with Crippen LogP contribution in [-0.4, -0.2) is 64.7 Å². The lowest BCUT2D eigenvalue weighted by atomic mass is 9.86. The molecule has 0 saturated carbocycles. The minimum absolute atomic E-state index is 0.00509. The average molecular weight is 500 g/mol. The molecule has 0 aromatic heterocycles. The zero-order valence-corrected chi connectivity index (χ0v) is 22.1. The van der Waals surface area contributed by atoms with Crippen molar-refractivity contribution in [1.82, 2.24) is 15.1 Å². The van der Waals surface area contributed by atoms with E-state index in [4.69, 9.17) is 4.74 Å². The first-order valence-corrected chi connectivity index (χ1v) is 13.2. The maximum atomic E-state index is 13.6. The summed E-state index contributed by atoms with van der Waals surface area (Å²) in [6.45, 7) is 8.97. The number of carbonyl (C=O) groups is 4. The van der Waals surface area contributed by atoms with E-state index in [2.05, 4.69) is 26.1 Å². The molecule has 0 radical (unpaired) electrons. The van der Waals surface area contributed by atoms with Gasteiger partial charge in [-0.1, -0.05) is 57.5 Å². The maximum Gasteiger partial charge on any atom is 0.328 e. The normalized spacial score (nSPS) is 21.1. The number of piperidine rings is 1. The fourth-order valence-corrected chi connectivity index (χ4v) is 4.84. The Morgan fingerprint density at radius 2 is 1.67 bits per heavy atom. The molecule has 8 nitrogen and oxygen atoms in total. The van der Waals surface area contributed by atoms with Gasteiger partial charge < -0.3 is 19.9 Å². The summed E-state index contributed by atoms with van der Waals surface area (Å²) in [4.78, 5) is 55.6. The smallest absolute Gasteiger partial charge is 0.328 e. The van der Waals surface area contributed by atoms with Gasteiger partial charge in [-0.05, 0) is 50.0 Å². The van der Waals surface area contributed by atoms with Crippen molar-refractivity contribution in [3.05, 3.63) is 35.9 Å². The molecule has 0 aliphatic carbocycles. The molecule has 3 rings (SSSR count). The summed E-state index contributed by atoms with van der Waals surface area (Å²) >= 11 is 0. The molecule has 3 atom stereocenters. The fourth-order valence-electron chi connectivity index (χ4n) is 4.84. The predicted octanol–water partition coefficient (Wildman–Crippen LogP) is 3.43. The highest BCUT2D eigenvalue weighted by atomic mass is 16.5. The summed E-state index contributed by atoms with van der Waals surface area (Å²) in [5, 5.41) is 2.75. The van der Waals surface area contributed by atoms with Gasteiger partial charge in [0.2, 0.25) is 17.7 Å². The fraction of sp³-hybridized carbons (Fsp3) is 0.643. The molecule has 2 saturated heterocycles. The SMILES string of the molecule is CCC(C)(C)CC(=O)N1CCC[C@H]1C(=O)N1CCCC[C@H]1C(=O)N[C@@H](C)C(=O)OCc1ccccc1. The molecule has 2 heterocycles. The number of likely N-dealkylation sites (tertiary alicyclic amines) is 2. The minimum atomic E-state index is -0.832. The van der Waals surface area contributed by atoms with Crippen molar-refractivity contribution in [2.75, 3.05) is 13.1 Å². The van der Waals surface area contributed by atoms with E-state index in [-0.39, 0.29) is 29.7 Å². The molecule has 2 fully saturated rings. The van der Waals surface area contributed by atoms with Gasteiger partial charge in [-0.25, -0.2) is 4.79 Å². The van der Waals surface area contributed by atoms with Crippen LogP contribution in [0.15, 0.2) is 30.3 Å². The van der Waals surface area contributed by atoms with Gasteiger partial charge in [0.05, 0.1) is 0 Å². The van der Waals surface area contributed by atoms with Crippen LogP contribution in [0.25, 0.3) is 0 Å². The number of nitrogens with zero attached hydrogens (tertiary/aromatic N) is 2. The number of amides is 3. The van der Waals surface area contributed by atoms with Crippen molar-refractivity contribution < 1.29 is 23.9 Å². The number of ether oxygens (including phenoxy) is 1. The molecule has 2 aliphatic heterocycles. The lowest BCUT2D eigenvalue weighted by Gasteiger charge is -2.38. The van der Waals surface area contributed by atoms with Crippen LogP contribution >= 0.6 is 0 Å². The number of hydrogen-bond donors (Lipinski definition) is 1. The minimum Gasteiger partial charge on any atom is -0.459 e. The van der Waals surface area contributed by atoms with Gasteiger partial charge in [-0.2, -0.15) is 0 Å². The van der Waals surface area contributed by atoms with Crippen LogP contribution in [0.4, 0.5) is 0 Å². The van der Waals surface area contributed by atoms with Crippen LogP contribution in [0.3, 0.4) is 0 Å². The summed E-state index contributed by atoms with van der Waals surface area (Å²) in [7, 11) is 0. The summed E-state index contributed by atoms with van der Waals surface area (Å²) in [6.07, 6.45) is 4.85. The Labute approximate surface area is 214 Å². The van der Waals surface area contributed by atoms with Crippen molar-refractivity contribution >= 4 is 23.7 Å². The van der Waals surface area contributed by atoms with E-state index in [1.807, 2.05) is 30.3 Å². The van der Waals surface area contributed by atoms with Crippen LogP contribution in [0.1, 0.15) is 78.2 Å². The van der Waals surface area contributed by atoms with Gasteiger partial charge in [0.15, 0.2) is 0 Å². The zero-order valence-electron chi connectivity index (χ0n) is 22.1. The molecule has 0 unspecified atom stereocenters. The first-order valence-electron chi connectivity index (χ1n) is 13.2. The lowest BCUT2D eigenvalue weighted by Crippen LogP contribution is -2.58. The second-order valence-corrected chi connectivity index (χ2v) is 10.8. The summed E-state index contributed by atoms with van der Waals surface area (Å²) < 4.78 is 5.34. The van der Waals surface area contributed by atoms with Gasteiger partial charge >= 0.3 is 5.97 Å². The van der Waals surface area contributed by atoms with E-state index in [0.717, 1.165) is 31.2 Å². The van der Waals surface area contributed by atoms with Crippen LogP contribution in [0.2, 0.25) is 0 Å². The van der Waals surface area contributed by atoms with Gasteiger partial charge in [-0.15, -0.1) is 0 Å². The topological polar surface area (TPSA) is 96.0 Å². The standard InChI is InChI=1S/C28H41N3O5/c1-5-28(3,4)18-24(32)30-17-11-15-23(30)26(34)31-16-10-9-14-22(31)25(33)29-20(2)27(35)36-19-21-12-7-6-8-13-21/h6-8,12-13,20,22-23H,5,9-11,14-19H2,1-4H3,(H,29,33)/t20-,22-,23-/m0/s1. The lowest BCUT2D eigenvalue weighted by molar-refractivity contribution is -0.152. The van der Waals surface area contributed by atoms with E-state index >= 15 is 0 Å². The maximum absolute atomic E-state index is 13.6. The Morgan fingerprint density at radius 1 is 1.00 bits per heavy atom. The van der Waals surface area contributed by atoms with Crippen LogP contribution < -0.4 is 5.32 Å². The van der Waals surface area contributed by atoms with Crippen molar-refractivity contribution in [1.29, 1.82) is 0 Å². The van der Waals surface area contributed by atoms with Crippen LogP contribution in [0.5, 0.6) is 0 Å². The van der Waals surface area contributed by atoms with Crippen LogP contribution in [0, 0.1) is 5.41 Å². The largest absolute Gasteiger partial charge is 0.459 e. The van der Waals surface area contributed by atoms with E-state index < -0.39 is 24.1 Å². The monoisotopic (exact) mass is 499 g/mol. The Balaban J connectivity index is 1.61. The average Bonchev–Trinajstić information content (AvgIpc) is 3.37. The van der Waals surface area contributed by atoms with Crippen molar-refractivity contribution in [2.24, 2.45) is 5.41 Å². The number of benzene rings is 1. The molecule has 1 N–H and O–H groups in total. The Hall–Kier alpha value is -2.90. The van der Waals surface area contributed by atoms with Gasteiger partial charge in [0, 0.05) is 19.5 Å². The third kappa shape index (κ3) is 7.08. The van der Waals surface area contributed by atoms with E-state index in [0.29, 0.717) is 32.4 Å². The predicted molar refractivity (Wildman–Crippen MR) is 137 cm³/mol. The Kier molecular flexibility index (Phi) is 9.51. The quantitative estimate of drug-likeness (QED) is 0.525. The van der Waals surface area contributed by atoms with E-state index in [9.17, 15) is 19.2 Å². The summed E-state index contributed by atoms with van der Waals surface area (Å²) in [5.74, 6) is -1.03. The molecule has 2 aliphatic rings. The summed E-state index contributed by atoms with van der Waals surface area (Å²) in [6, 6.07) is 7.34. The highest BCUT2D eigenvalue weighted by Gasteiger charge is 2.42. The van der Waals surface area contributed by atoms with Gasteiger partial charge in [-0.3, -0.25) is 14.4 Å². The molecule has 1 aromatic rings. The molecular weight excluding hydrogens is 458 g/mol. The number of rotatable bonds is 9. The molecule has 198 valence electrons. The third-order valence-corrected chi connectivity index (χ3v) is 7.47. The highest BCUT2D eigenvalue weighted by Crippen LogP contribution is 2.30. The van der Waals surface area contributed by atoms with Gasteiger partial charge in [0.1, 0.15) is 24.7 Å². The van der Waals surface area contributed by atoms with Crippen molar-refractivity contribution in [3.63, 3.8) is 0 Å². The number of carbonyl (C=O) groups excluding carboxylic acids is 4. The van der Waals surface area contributed by atoms with E-state index in [1.54, 1.807) is 16.7 Å². The number of esters is 1. The Bertz CT molecular complexity index is 932. The Morgan fingerprint density at radius 3 is 2.36 bits per heavy atom. The molecule has 0 bridgehead atoms. The van der Waals surface area contributed by atoms with Crippen LogP contribution in [-0.2, 0) is 30.5 Å². The first-order chi connectivity index (χ1) is 17.1. The highest BCUT2D eigenvalue weighted by molar-refractivity contribution is 5.94. The first kappa shape index (κ1) is 27.7. The molecule has 36 heavy (non-hydrogen) atoms. The molecule has 3 amide bonds. The zero-order chi connectivity index (χ0) is 26.3. The molecule has 1 aromatic carbocycles. The molecule has 8 heteroatoms. The van der Waals surface area contributed by atoms with Crippen molar-refractivity contribution in [2.45, 2.75) is 97.4 Å². The second-order valence-electron chi connectivity index (χ2n) is 10.8. The van der Waals surface area contributed by atoms with E-state index in [1.165, 1.54) is 0 Å². The second kappa shape index (κ2) is 12.4. The third-order valence-electron chi connectivity index (χ3n) is 7.47. The summed E-state index contributed by atoms with van der Waals surface area (Å²) in [5.41, 5.74) is 0.748. The molecular formula is C28H41N3O5.